The SMILES string of the molecule is C#C[C@]1(O)CC[C@@H]2[C@@H]3CCC4=CC(=O)C=C[C@]4(C)[C@H]3CC[C@]21C. The fourth-order valence-electron chi connectivity index (χ4n) is 6.45. The van der Waals surface area contributed by atoms with E-state index in [1.807, 2.05) is 6.08 Å². The Hall–Kier alpha value is -1.33. The molecule has 1 N–H and O–H groups in total. The molecule has 0 saturated heterocycles. The Bertz CT molecular complexity index is 666. The summed E-state index contributed by atoms with van der Waals surface area (Å²) in [5.74, 6) is 4.56. The third kappa shape index (κ3) is 1.78. The maximum absolute atomic E-state index is 11.8. The molecule has 122 valence electrons. The molecule has 0 unspecified atom stereocenters. The largest absolute Gasteiger partial charge is 0.377 e. The molecule has 0 aromatic heterocycles. The zero-order valence-corrected chi connectivity index (χ0v) is 14.1. The first-order valence-corrected chi connectivity index (χ1v) is 8.98. The monoisotopic (exact) mass is 310 g/mol. The first kappa shape index (κ1) is 15.2. The molecule has 3 fully saturated rings. The van der Waals surface area contributed by atoms with E-state index in [4.69, 9.17) is 6.42 Å². The van der Waals surface area contributed by atoms with Gasteiger partial charge in [0.05, 0.1) is 0 Å². The van der Waals surface area contributed by atoms with Gasteiger partial charge in [-0.25, -0.2) is 0 Å². The molecule has 0 aromatic rings. The van der Waals surface area contributed by atoms with Crippen LogP contribution in [0.4, 0.5) is 0 Å². The van der Waals surface area contributed by atoms with E-state index in [-0.39, 0.29) is 16.6 Å². The summed E-state index contributed by atoms with van der Waals surface area (Å²) >= 11 is 0. The molecular weight excluding hydrogens is 284 g/mol. The molecule has 6 atom stereocenters. The van der Waals surface area contributed by atoms with Crippen molar-refractivity contribution < 1.29 is 9.90 Å². The van der Waals surface area contributed by atoms with Crippen LogP contribution in [0.5, 0.6) is 0 Å². The van der Waals surface area contributed by atoms with Crippen molar-refractivity contribution >= 4 is 5.78 Å². The number of ketones is 1. The number of fused-ring (bicyclic) bond motifs is 5. The second kappa shape index (κ2) is 4.61. The summed E-state index contributed by atoms with van der Waals surface area (Å²) in [6, 6.07) is 0. The average Bonchev–Trinajstić information content (AvgIpc) is 2.80. The highest BCUT2D eigenvalue weighted by molar-refractivity contribution is 6.01. The number of carbonyl (C=O) groups excluding carboxylic acids is 1. The van der Waals surface area contributed by atoms with Crippen molar-refractivity contribution in [2.45, 2.75) is 58.0 Å². The van der Waals surface area contributed by atoms with Crippen LogP contribution in [-0.4, -0.2) is 16.5 Å². The maximum Gasteiger partial charge on any atom is 0.178 e. The van der Waals surface area contributed by atoms with Gasteiger partial charge in [-0.05, 0) is 68.4 Å². The van der Waals surface area contributed by atoms with Gasteiger partial charge in [0.15, 0.2) is 5.78 Å². The molecule has 4 aliphatic rings. The quantitative estimate of drug-likeness (QED) is 0.693. The van der Waals surface area contributed by atoms with Crippen molar-refractivity contribution in [1.29, 1.82) is 0 Å². The topological polar surface area (TPSA) is 37.3 Å². The van der Waals surface area contributed by atoms with Crippen molar-refractivity contribution in [1.82, 2.24) is 0 Å². The number of aliphatic hydroxyl groups is 1. The Morgan fingerprint density at radius 2 is 1.96 bits per heavy atom. The van der Waals surface area contributed by atoms with Crippen LogP contribution in [0.15, 0.2) is 23.8 Å². The van der Waals surface area contributed by atoms with Crippen molar-refractivity contribution in [3.63, 3.8) is 0 Å². The predicted molar refractivity (Wildman–Crippen MR) is 90.4 cm³/mol. The molecule has 0 bridgehead atoms. The van der Waals surface area contributed by atoms with Crippen LogP contribution in [0.25, 0.3) is 0 Å². The van der Waals surface area contributed by atoms with Gasteiger partial charge >= 0.3 is 0 Å². The second-order valence-electron chi connectivity index (χ2n) is 8.60. The van der Waals surface area contributed by atoms with Gasteiger partial charge in [0.25, 0.3) is 0 Å². The first-order valence-electron chi connectivity index (χ1n) is 8.98. The van der Waals surface area contributed by atoms with E-state index in [2.05, 4.69) is 25.8 Å². The summed E-state index contributed by atoms with van der Waals surface area (Å²) in [5, 5.41) is 11.0. The highest BCUT2D eigenvalue weighted by Crippen LogP contribution is 2.66. The lowest BCUT2D eigenvalue weighted by Crippen LogP contribution is -2.53. The molecule has 0 aliphatic heterocycles. The number of rotatable bonds is 0. The fraction of sp³-hybridized carbons (Fsp3) is 0.667. The average molecular weight is 310 g/mol. The number of allylic oxidation sites excluding steroid dienone is 4. The highest BCUT2D eigenvalue weighted by Gasteiger charge is 2.63. The van der Waals surface area contributed by atoms with Gasteiger partial charge in [-0.3, -0.25) is 4.79 Å². The van der Waals surface area contributed by atoms with Crippen molar-refractivity contribution in [2.24, 2.45) is 28.6 Å². The smallest absolute Gasteiger partial charge is 0.178 e. The minimum absolute atomic E-state index is 0.0228. The van der Waals surface area contributed by atoms with Gasteiger partial charge in [0.1, 0.15) is 5.60 Å². The van der Waals surface area contributed by atoms with Crippen molar-refractivity contribution in [2.75, 3.05) is 0 Å². The van der Waals surface area contributed by atoms with Gasteiger partial charge in [-0.1, -0.05) is 31.4 Å². The van der Waals surface area contributed by atoms with E-state index in [0.29, 0.717) is 17.8 Å². The lowest BCUT2D eigenvalue weighted by Gasteiger charge is -2.57. The van der Waals surface area contributed by atoms with E-state index >= 15 is 0 Å². The number of carbonyl (C=O) groups is 1. The third-order valence-electron chi connectivity index (χ3n) is 7.95. The molecule has 4 aliphatic carbocycles. The summed E-state index contributed by atoms with van der Waals surface area (Å²) in [5.41, 5.74) is 0.266. The summed E-state index contributed by atoms with van der Waals surface area (Å²) < 4.78 is 0. The molecule has 0 amide bonds. The maximum atomic E-state index is 11.8. The molecule has 2 nitrogen and oxygen atoms in total. The normalized spacial score (nSPS) is 51.3. The zero-order chi connectivity index (χ0) is 16.5. The zero-order valence-electron chi connectivity index (χ0n) is 14.1. The van der Waals surface area contributed by atoms with Crippen LogP contribution in [0.1, 0.15) is 52.4 Å². The molecule has 0 heterocycles. The Kier molecular flexibility index (Phi) is 3.05. The summed E-state index contributed by atoms with van der Waals surface area (Å²) in [4.78, 5) is 11.8. The van der Waals surface area contributed by atoms with E-state index in [1.54, 1.807) is 6.08 Å². The standard InChI is InChI=1S/C21H26O2/c1-4-21(23)12-9-18-16-6-5-14-13-15(22)7-10-19(14,2)17(16)8-11-20(18,21)3/h1,7,10,13,16-18,23H,5-6,8-9,11-12H2,2-3H3/t16-,17+,18-,19+,20-,21+/m1/s1. The minimum Gasteiger partial charge on any atom is -0.377 e. The second-order valence-corrected chi connectivity index (χ2v) is 8.60. The van der Waals surface area contributed by atoms with Gasteiger partial charge in [0.2, 0.25) is 0 Å². The molecule has 23 heavy (non-hydrogen) atoms. The van der Waals surface area contributed by atoms with Crippen LogP contribution in [-0.2, 0) is 4.79 Å². The van der Waals surface area contributed by atoms with E-state index in [1.165, 1.54) is 5.57 Å². The van der Waals surface area contributed by atoms with Crippen molar-refractivity contribution in [3.8, 4) is 12.3 Å². The molecule has 2 heteroatoms. The molecule has 0 radical (unpaired) electrons. The molecular formula is C21H26O2. The van der Waals surface area contributed by atoms with Gasteiger partial charge < -0.3 is 5.11 Å². The van der Waals surface area contributed by atoms with Crippen LogP contribution in [0.3, 0.4) is 0 Å². The molecule has 0 spiro atoms. The Morgan fingerprint density at radius 3 is 2.70 bits per heavy atom. The van der Waals surface area contributed by atoms with E-state index in [0.717, 1.165) is 38.5 Å². The molecule has 4 rings (SSSR count). The van der Waals surface area contributed by atoms with Crippen LogP contribution < -0.4 is 0 Å². The van der Waals surface area contributed by atoms with Crippen molar-refractivity contribution in [3.05, 3.63) is 23.8 Å². The number of terminal acetylenes is 1. The van der Waals surface area contributed by atoms with Gasteiger partial charge in [-0.2, -0.15) is 0 Å². The first-order chi connectivity index (χ1) is 10.8. The Labute approximate surface area is 139 Å². The molecule has 3 saturated carbocycles. The van der Waals surface area contributed by atoms with Gasteiger partial charge in [0, 0.05) is 10.8 Å². The third-order valence-corrected chi connectivity index (χ3v) is 7.95. The van der Waals surface area contributed by atoms with Crippen LogP contribution >= 0.6 is 0 Å². The Morgan fingerprint density at radius 1 is 1.22 bits per heavy atom. The predicted octanol–water partition coefficient (Wildman–Crippen LogP) is 3.66. The van der Waals surface area contributed by atoms with Crippen LogP contribution in [0.2, 0.25) is 0 Å². The molecule has 0 aromatic carbocycles. The van der Waals surface area contributed by atoms with E-state index < -0.39 is 5.60 Å². The number of hydrogen-bond donors (Lipinski definition) is 1. The minimum atomic E-state index is -0.933. The fourth-order valence-corrected chi connectivity index (χ4v) is 6.45. The summed E-state index contributed by atoms with van der Waals surface area (Å²) in [6.45, 7) is 4.53. The summed E-state index contributed by atoms with van der Waals surface area (Å²) in [6.07, 6.45) is 17.5. The van der Waals surface area contributed by atoms with Crippen LogP contribution in [0, 0.1) is 40.9 Å². The highest BCUT2D eigenvalue weighted by atomic mass is 16.3. The lowest BCUT2D eigenvalue weighted by molar-refractivity contribution is -0.111. The summed E-state index contributed by atoms with van der Waals surface area (Å²) in [7, 11) is 0. The Balaban J connectivity index is 1.72. The van der Waals surface area contributed by atoms with Gasteiger partial charge in [-0.15, -0.1) is 6.42 Å². The van der Waals surface area contributed by atoms with E-state index in [9.17, 15) is 9.90 Å². The lowest BCUT2D eigenvalue weighted by atomic mass is 9.47. The number of hydrogen-bond acceptors (Lipinski definition) is 2.